The average molecular weight is 467 g/mol. The van der Waals surface area contributed by atoms with Crippen molar-refractivity contribution in [1.82, 2.24) is 14.9 Å². The van der Waals surface area contributed by atoms with E-state index in [1.54, 1.807) is 30.1 Å². The lowest BCUT2D eigenvalue weighted by atomic mass is 10.1. The molecule has 0 saturated carbocycles. The second kappa shape index (κ2) is 9.97. The number of rotatable bonds is 6. The van der Waals surface area contributed by atoms with Gasteiger partial charge < -0.3 is 15.5 Å². The Morgan fingerprint density at radius 3 is 2.79 bits per heavy atom. The van der Waals surface area contributed by atoms with Crippen molar-refractivity contribution in [2.24, 2.45) is 0 Å². The van der Waals surface area contributed by atoms with Crippen LogP contribution in [0.4, 0.5) is 27.4 Å². The first kappa shape index (κ1) is 22.7. The maximum absolute atomic E-state index is 14.1. The molecule has 1 unspecified atom stereocenters. The van der Waals surface area contributed by atoms with Crippen molar-refractivity contribution in [3.63, 3.8) is 0 Å². The average Bonchev–Trinajstić information content (AvgIpc) is 2.82. The lowest BCUT2D eigenvalue weighted by molar-refractivity contribution is -0.111. The molecule has 0 bridgehead atoms. The Kier molecular flexibility index (Phi) is 6.86. The quantitative estimate of drug-likeness (QED) is 0.405. The predicted octanol–water partition coefficient (Wildman–Crippen LogP) is 4.71. The largest absolute Gasteiger partial charge is 0.366 e. The van der Waals surface area contributed by atoms with E-state index < -0.39 is 6.30 Å². The molecule has 9 heteroatoms. The molecule has 1 fully saturated rings. The third kappa shape index (κ3) is 5.47. The molecular weight excluding hydrogens is 443 g/mol. The van der Waals surface area contributed by atoms with E-state index in [1.807, 2.05) is 35.2 Å². The zero-order valence-corrected chi connectivity index (χ0v) is 18.9. The Labute approximate surface area is 196 Å². The summed E-state index contributed by atoms with van der Waals surface area (Å²) in [5.41, 5.74) is 3.57. The number of aromatic nitrogens is 2. The highest BCUT2D eigenvalue weighted by molar-refractivity contribution is 6.33. The molecule has 1 aliphatic heterocycles. The summed E-state index contributed by atoms with van der Waals surface area (Å²) >= 11 is 6.37. The van der Waals surface area contributed by atoms with Crippen LogP contribution >= 0.6 is 11.6 Å². The van der Waals surface area contributed by atoms with Crippen LogP contribution in [0.25, 0.3) is 11.3 Å². The number of nitrogens with one attached hydrogen (secondary N) is 2. The maximum Gasteiger partial charge on any atom is 0.247 e. The molecule has 1 atom stereocenters. The van der Waals surface area contributed by atoms with Crippen LogP contribution in [0.1, 0.15) is 0 Å². The van der Waals surface area contributed by atoms with Crippen LogP contribution in [0.5, 0.6) is 0 Å². The number of nitrogens with zero attached hydrogens (tertiary/aromatic N) is 4. The fourth-order valence-corrected chi connectivity index (χ4v) is 3.74. The van der Waals surface area contributed by atoms with Gasteiger partial charge in [0, 0.05) is 35.7 Å². The molecule has 2 heterocycles. The number of halogens is 2. The van der Waals surface area contributed by atoms with Gasteiger partial charge in [0.2, 0.25) is 11.9 Å². The van der Waals surface area contributed by atoms with E-state index in [2.05, 4.69) is 27.2 Å². The maximum atomic E-state index is 14.1. The Bertz CT molecular complexity index is 1170. The van der Waals surface area contributed by atoms with E-state index in [0.29, 0.717) is 35.4 Å². The topological polar surface area (TPSA) is 73.4 Å². The zero-order valence-electron chi connectivity index (χ0n) is 18.1. The molecule has 0 aliphatic carbocycles. The van der Waals surface area contributed by atoms with E-state index in [4.69, 9.17) is 11.6 Å². The molecule has 2 N–H and O–H groups in total. The van der Waals surface area contributed by atoms with Crippen molar-refractivity contribution >= 4 is 40.5 Å². The van der Waals surface area contributed by atoms with Crippen LogP contribution in [-0.2, 0) is 4.79 Å². The van der Waals surface area contributed by atoms with Crippen LogP contribution in [0, 0.1) is 0 Å². The smallest absolute Gasteiger partial charge is 0.247 e. The normalized spacial score (nSPS) is 16.3. The zero-order chi connectivity index (χ0) is 23.4. The van der Waals surface area contributed by atoms with Crippen molar-refractivity contribution < 1.29 is 9.18 Å². The molecule has 2 aromatic carbocycles. The van der Waals surface area contributed by atoms with Crippen molar-refractivity contribution in [3.8, 4) is 11.3 Å². The highest BCUT2D eigenvalue weighted by Crippen LogP contribution is 2.30. The van der Waals surface area contributed by atoms with Crippen molar-refractivity contribution in [2.45, 2.75) is 6.30 Å². The molecule has 170 valence electrons. The number of anilines is 4. The SMILES string of the molecule is C=CC(=O)Nc1cccc(-c2nc(Nc3cccc(N4CCN(C)C(F)C4)c3)ncc2Cl)c1. The first-order valence-corrected chi connectivity index (χ1v) is 10.8. The van der Waals surface area contributed by atoms with E-state index in [9.17, 15) is 9.18 Å². The van der Waals surface area contributed by atoms with Crippen LogP contribution < -0.4 is 15.5 Å². The van der Waals surface area contributed by atoms with Crippen LogP contribution in [-0.4, -0.2) is 53.8 Å². The fraction of sp³-hybridized carbons (Fsp3) is 0.208. The van der Waals surface area contributed by atoms with Gasteiger partial charge in [0.05, 0.1) is 23.5 Å². The summed E-state index contributed by atoms with van der Waals surface area (Å²) < 4.78 is 14.1. The van der Waals surface area contributed by atoms with Gasteiger partial charge in [0.25, 0.3) is 0 Å². The number of amides is 1. The van der Waals surface area contributed by atoms with Gasteiger partial charge in [0.15, 0.2) is 6.30 Å². The molecular formula is C24H24ClFN6O. The van der Waals surface area contributed by atoms with Crippen LogP contribution in [0.2, 0.25) is 5.02 Å². The summed E-state index contributed by atoms with van der Waals surface area (Å²) in [5.74, 6) is 0.0661. The van der Waals surface area contributed by atoms with E-state index >= 15 is 0 Å². The van der Waals surface area contributed by atoms with Crippen molar-refractivity contribution in [3.05, 3.63) is 72.4 Å². The van der Waals surface area contributed by atoms with Gasteiger partial charge in [0.1, 0.15) is 0 Å². The monoisotopic (exact) mass is 466 g/mol. The molecule has 1 amide bonds. The molecule has 1 saturated heterocycles. The van der Waals surface area contributed by atoms with Crippen LogP contribution in [0.15, 0.2) is 67.4 Å². The molecule has 4 rings (SSSR count). The van der Waals surface area contributed by atoms with Gasteiger partial charge in [-0.3, -0.25) is 9.69 Å². The summed E-state index contributed by atoms with van der Waals surface area (Å²) in [6.45, 7) is 5.19. The molecule has 1 aromatic heterocycles. The molecule has 33 heavy (non-hydrogen) atoms. The van der Waals surface area contributed by atoms with E-state index in [-0.39, 0.29) is 5.91 Å². The summed E-state index contributed by atoms with van der Waals surface area (Å²) in [6.07, 6.45) is 1.74. The van der Waals surface area contributed by atoms with Gasteiger partial charge in [-0.05, 0) is 43.5 Å². The molecule has 0 radical (unpaired) electrons. The van der Waals surface area contributed by atoms with Gasteiger partial charge in [-0.2, -0.15) is 0 Å². The summed E-state index contributed by atoms with van der Waals surface area (Å²) in [4.78, 5) is 24.2. The number of alkyl halides is 1. The summed E-state index contributed by atoms with van der Waals surface area (Å²) in [5, 5.41) is 6.31. The summed E-state index contributed by atoms with van der Waals surface area (Å²) in [6, 6.07) is 14.9. The number of benzene rings is 2. The second-order valence-corrected chi connectivity index (χ2v) is 8.11. The lowest BCUT2D eigenvalue weighted by Gasteiger charge is -2.36. The summed E-state index contributed by atoms with van der Waals surface area (Å²) in [7, 11) is 1.79. The third-order valence-corrected chi connectivity index (χ3v) is 5.65. The Morgan fingerprint density at radius 2 is 2.00 bits per heavy atom. The minimum Gasteiger partial charge on any atom is -0.366 e. The number of hydrogen-bond donors (Lipinski definition) is 2. The molecule has 1 aliphatic rings. The number of piperazine rings is 1. The van der Waals surface area contributed by atoms with Gasteiger partial charge in [-0.1, -0.05) is 36.4 Å². The number of likely N-dealkylation sites (N-methyl/N-ethyl adjacent to an activating group) is 1. The number of carbonyl (C=O) groups is 1. The predicted molar refractivity (Wildman–Crippen MR) is 131 cm³/mol. The Morgan fingerprint density at radius 1 is 1.21 bits per heavy atom. The third-order valence-electron chi connectivity index (χ3n) is 5.37. The van der Waals surface area contributed by atoms with Gasteiger partial charge in [-0.25, -0.2) is 14.4 Å². The van der Waals surface area contributed by atoms with Gasteiger partial charge in [-0.15, -0.1) is 0 Å². The van der Waals surface area contributed by atoms with Crippen LogP contribution in [0.3, 0.4) is 0 Å². The highest BCUT2D eigenvalue weighted by Gasteiger charge is 2.24. The number of carbonyl (C=O) groups excluding carboxylic acids is 1. The van der Waals surface area contributed by atoms with Crippen molar-refractivity contribution in [1.29, 1.82) is 0 Å². The minimum absolute atomic E-state index is 0.303. The first-order valence-electron chi connectivity index (χ1n) is 10.5. The van der Waals surface area contributed by atoms with E-state index in [1.165, 1.54) is 12.3 Å². The first-order chi connectivity index (χ1) is 15.9. The highest BCUT2D eigenvalue weighted by atomic mass is 35.5. The molecule has 7 nitrogen and oxygen atoms in total. The molecule has 0 spiro atoms. The fourth-order valence-electron chi connectivity index (χ4n) is 3.54. The van der Waals surface area contributed by atoms with Gasteiger partial charge >= 0.3 is 0 Å². The van der Waals surface area contributed by atoms with Crippen molar-refractivity contribution in [2.75, 3.05) is 42.2 Å². The Balaban J connectivity index is 1.55. The molecule has 3 aromatic rings. The second-order valence-electron chi connectivity index (χ2n) is 7.70. The lowest BCUT2D eigenvalue weighted by Crippen LogP contribution is -2.49. The van der Waals surface area contributed by atoms with E-state index in [0.717, 1.165) is 23.5 Å². The Hall–Kier alpha value is -3.49. The minimum atomic E-state index is -0.996. The number of hydrogen-bond acceptors (Lipinski definition) is 6. The standard InChI is InChI=1S/C24H24ClFN6O/c1-3-22(33)28-17-7-4-6-16(12-17)23-20(25)14-27-24(30-23)29-18-8-5-9-19(13-18)32-11-10-31(2)21(26)15-32/h3-9,12-14,21H,1,10-11,15H2,2H3,(H,28,33)(H,27,29,30).